The zero-order valence-corrected chi connectivity index (χ0v) is 14.0. The van der Waals surface area contributed by atoms with Crippen molar-refractivity contribution in [3.05, 3.63) is 30.3 Å². The maximum atomic E-state index is 12.2. The summed E-state index contributed by atoms with van der Waals surface area (Å²) in [6.45, 7) is 8.22. The van der Waals surface area contributed by atoms with E-state index in [-0.39, 0.29) is 18.5 Å². The van der Waals surface area contributed by atoms with Crippen LogP contribution in [0.2, 0.25) is 0 Å². The molecule has 1 aromatic carbocycles. The second-order valence-corrected chi connectivity index (χ2v) is 5.53. The largest absolute Gasteiger partial charge is 0.368 e. The fourth-order valence-electron chi connectivity index (χ4n) is 2.76. The topological polar surface area (TPSA) is 55.9 Å². The Balaban J connectivity index is 1.76. The van der Waals surface area contributed by atoms with Crippen LogP contribution in [0.5, 0.6) is 0 Å². The fourth-order valence-corrected chi connectivity index (χ4v) is 2.76. The number of carbonyl (C=O) groups excluding carboxylic acids is 2. The van der Waals surface area contributed by atoms with Crippen LogP contribution >= 0.6 is 0 Å². The van der Waals surface area contributed by atoms with Gasteiger partial charge in [-0.3, -0.25) is 4.79 Å². The summed E-state index contributed by atoms with van der Waals surface area (Å²) in [6, 6.07) is 10.1. The number of hydrogen-bond acceptors (Lipinski definition) is 3. The summed E-state index contributed by atoms with van der Waals surface area (Å²) in [5.74, 6) is -0.0359. The molecule has 1 aliphatic heterocycles. The van der Waals surface area contributed by atoms with E-state index in [1.807, 2.05) is 32.0 Å². The van der Waals surface area contributed by atoms with Crippen molar-refractivity contribution in [1.29, 1.82) is 0 Å². The first-order valence-electron chi connectivity index (χ1n) is 8.26. The third-order valence-corrected chi connectivity index (χ3v) is 4.20. The van der Waals surface area contributed by atoms with E-state index in [2.05, 4.69) is 22.3 Å². The van der Waals surface area contributed by atoms with E-state index in [4.69, 9.17) is 0 Å². The molecule has 1 aromatic rings. The molecule has 0 unspecified atom stereocenters. The Labute approximate surface area is 138 Å². The van der Waals surface area contributed by atoms with Crippen molar-refractivity contribution in [2.24, 2.45) is 0 Å². The lowest BCUT2D eigenvalue weighted by molar-refractivity contribution is -0.129. The van der Waals surface area contributed by atoms with Gasteiger partial charge >= 0.3 is 6.03 Å². The highest BCUT2D eigenvalue weighted by molar-refractivity contribution is 5.84. The van der Waals surface area contributed by atoms with Gasteiger partial charge < -0.3 is 20.0 Å². The second kappa shape index (κ2) is 8.41. The lowest BCUT2D eigenvalue weighted by Crippen LogP contribution is -2.53. The molecule has 0 aliphatic carbocycles. The molecular formula is C17H26N4O2. The van der Waals surface area contributed by atoms with Gasteiger partial charge in [-0.1, -0.05) is 18.2 Å². The Morgan fingerprint density at radius 2 is 1.65 bits per heavy atom. The van der Waals surface area contributed by atoms with Gasteiger partial charge in [0, 0.05) is 45.0 Å². The summed E-state index contributed by atoms with van der Waals surface area (Å²) in [7, 11) is 0. The van der Waals surface area contributed by atoms with Crippen molar-refractivity contribution in [2.45, 2.75) is 13.8 Å². The Morgan fingerprint density at radius 3 is 2.22 bits per heavy atom. The highest BCUT2D eigenvalue weighted by Crippen LogP contribution is 2.15. The lowest BCUT2D eigenvalue weighted by Gasteiger charge is -2.36. The highest BCUT2D eigenvalue weighted by atomic mass is 16.2. The van der Waals surface area contributed by atoms with Crippen molar-refractivity contribution in [1.82, 2.24) is 15.1 Å². The Kier molecular flexibility index (Phi) is 6.26. The van der Waals surface area contributed by atoms with E-state index in [0.717, 1.165) is 13.1 Å². The molecule has 23 heavy (non-hydrogen) atoms. The molecule has 1 fully saturated rings. The first-order chi connectivity index (χ1) is 11.2. The zero-order chi connectivity index (χ0) is 16.7. The molecule has 0 bridgehead atoms. The van der Waals surface area contributed by atoms with Gasteiger partial charge in [0.15, 0.2) is 0 Å². The number of hydrogen-bond donors (Lipinski definition) is 1. The normalized spacial score (nSPS) is 14.5. The number of benzene rings is 1. The van der Waals surface area contributed by atoms with E-state index >= 15 is 0 Å². The standard InChI is InChI=1S/C17H26N4O2/c1-3-19(4-2)16(22)14-18-17(23)21-12-10-20(11-13-21)15-8-6-5-7-9-15/h5-9H,3-4,10-14H2,1-2H3,(H,18,23). The summed E-state index contributed by atoms with van der Waals surface area (Å²) in [5, 5.41) is 2.73. The third-order valence-electron chi connectivity index (χ3n) is 4.20. The number of rotatable bonds is 5. The van der Waals surface area contributed by atoms with E-state index in [1.165, 1.54) is 5.69 Å². The van der Waals surface area contributed by atoms with Crippen molar-refractivity contribution in [2.75, 3.05) is 50.7 Å². The molecule has 6 heteroatoms. The summed E-state index contributed by atoms with van der Waals surface area (Å²) in [5.41, 5.74) is 1.18. The maximum absolute atomic E-state index is 12.2. The van der Waals surface area contributed by atoms with Crippen molar-refractivity contribution in [3.63, 3.8) is 0 Å². The third kappa shape index (κ3) is 4.61. The number of amides is 3. The minimum absolute atomic E-state index is 0.0359. The molecule has 126 valence electrons. The summed E-state index contributed by atoms with van der Waals surface area (Å²) in [4.78, 5) is 29.8. The maximum Gasteiger partial charge on any atom is 0.317 e. The highest BCUT2D eigenvalue weighted by Gasteiger charge is 2.21. The molecular weight excluding hydrogens is 292 g/mol. The molecule has 0 radical (unpaired) electrons. The molecule has 0 atom stereocenters. The van der Waals surface area contributed by atoms with Gasteiger partial charge in [-0.25, -0.2) is 4.79 Å². The van der Waals surface area contributed by atoms with Crippen LogP contribution < -0.4 is 10.2 Å². The van der Waals surface area contributed by atoms with Crippen molar-refractivity contribution >= 4 is 17.6 Å². The molecule has 2 rings (SSSR count). The Bertz CT molecular complexity index is 509. The van der Waals surface area contributed by atoms with Crippen LogP contribution in [0, 0.1) is 0 Å². The molecule has 6 nitrogen and oxygen atoms in total. The molecule has 0 saturated carbocycles. The zero-order valence-electron chi connectivity index (χ0n) is 14.0. The summed E-state index contributed by atoms with van der Waals surface area (Å²) in [6.07, 6.45) is 0. The van der Waals surface area contributed by atoms with E-state index in [1.54, 1.807) is 9.80 Å². The minimum Gasteiger partial charge on any atom is -0.368 e. The number of nitrogens with zero attached hydrogens (tertiary/aromatic N) is 3. The van der Waals surface area contributed by atoms with Crippen LogP contribution in [0.3, 0.4) is 0 Å². The molecule has 0 aromatic heterocycles. The Morgan fingerprint density at radius 1 is 1.04 bits per heavy atom. The van der Waals surface area contributed by atoms with Crippen LogP contribution in [-0.4, -0.2) is 67.6 Å². The molecule has 3 amide bonds. The average molecular weight is 318 g/mol. The number of piperazine rings is 1. The van der Waals surface area contributed by atoms with Crippen LogP contribution in [-0.2, 0) is 4.79 Å². The van der Waals surface area contributed by atoms with Gasteiger partial charge in [-0.2, -0.15) is 0 Å². The molecule has 1 saturated heterocycles. The number of para-hydroxylation sites is 1. The van der Waals surface area contributed by atoms with Crippen LogP contribution in [0.25, 0.3) is 0 Å². The van der Waals surface area contributed by atoms with Crippen LogP contribution in [0.1, 0.15) is 13.8 Å². The van der Waals surface area contributed by atoms with Crippen molar-refractivity contribution < 1.29 is 9.59 Å². The average Bonchev–Trinajstić information content (AvgIpc) is 2.61. The van der Waals surface area contributed by atoms with E-state index < -0.39 is 0 Å². The molecule has 0 spiro atoms. The van der Waals surface area contributed by atoms with Crippen LogP contribution in [0.15, 0.2) is 30.3 Å². The summed E-state index contributed by atoms with van der Waals surface area (Å²) < 4.78 is 0. The number of carbonyl (C=O) groups is 2. The number of anilines is 1. The number of urea groups is 1. The number of nitrogens with one attached hydrogen (secondary N) is 1. The van der Waals surface area contributed by atoms with Crippen LogP contribution in [0.4, 0.5) is 10.5 Å². The van der Waals surface area contributed by atoms with Gasteiger partial charge in [0.1, 0.15) is 0 Å². The Hall–Kier alpha value is -2.24. The first-order valence-corrected chi connectivity index (χ1v) is 8.26. The predicted molar refractivity (Wildman–Crippen MR) is 91.6 cm³/mol. The lowest BCUT2D eigenvalue weighted by atomic mass is 10.2. The molecule has 1 heterocycles. The quantitative estimate of drug-likeness (QED) is 0.892. The van der Waals surface area contributed by atoms with Gasteiger partial charge in [0.25, 0.3) is 0 Å². The second-order valence-electron chi connectivity index (χ2n) is 5.53. The SMILES string of the molecule is CCN(CC)C(=O)CNC(=O)N1CCN(c2ccccc2)CC1. The number of likely N-dealkylation sites (N-methyl/N-ethyl adjacent to an activating group) is 1. The van der Waals surface area contributed by atoms with Crippen molar-refractivity contribution in [3.8, 4) is 0 Å². The van der Waals surface area contributed by atoms with Gasteiger partial charge in [-0.15, -0.1) is 0 Å². The fraction of sp³-hybridized carbons (Fsp3) is 0.529. The smallest absolute Gasteiger partial charge is 0.317 e. The molecule has 1 aliphatic rings. The van der Waals surface area contributed by atoms with Gasteiger partial charge in [0.2, 0.25) is 5.91 Å². The monoisotopic (exact) mass is 318 g/mol. The minimum atomic E-state index is -0.154. The van der Waals surface area contributed by atoms with Gasteiger partial charge in [-0.05, 0) is 26.0 Å². The summed E-state index contributed by atoms with van der Waals surface area (Å²) >= 11 is 0. The first kappa shape index (κ1) is 17.1. The van der Waals surface area contributed by atoms with E-state index in [9.17, 15) is 9.59 Å². The molecule has 1 N–H and O–H groups in total. The predicted octanol–water partition coefficient (Wildman–Crippen LogP) is 1.39. The van der Waals surface area contributed by atoms with E-state index in [0.29, 0.717) is 26.2 Å². The van der Waals surface area contributed by atoms with Gasteiger partial charge in [0.05, 0.1) is 6.54 Å².